The summed E-state index contributed by atoms with van der Waals surface area (Å²) in [6, 6.07) is 16.0. The highest BCUT2D eigenvalue weighted by atomic mass is 16.5. The number of hydrogen-bond acceptors (Lipinski definition) is 5. The Morgan fingerprint density at radius 2 is 1.65 bits per heavy atom. The van der Waals surface area contributed by atoms with Crippen LogP contribution < -0.4 is 15.4 Å². The van der Waals surface area contributed by atoms with Crippen molar-refractivity contribution in [2.24, 2.45) is 5.92 Å². The second-order valence-electron chi connectivity index (χ2n) is 7.36. The largest absolute Gasteiger partial charge is 0.497 e. The van der Waals surface area contributed by atoms with Crippen LogP contribution in [0.5, 0.6) is 5.75 Å². The van der Waals surface area contributed by atoms with Crippen molar-refractivity contribution < 1.29 is 23.9 Å². The first-order valence-corrected chi connectivity index (χ1v) is 10.2. The van der Waals surface area contributed by atoms with Gasteiger partial charge in [-0.1, -0.05) is 24.3 Å². The molecule has 0 saturated carbocycles. The van der Waals surface area contributed by atoms with Gasteiger partial charge in [-0.15, -0.1) is 0 Å². The molecule has 0 aliphatic carbocycles. The van der Waals surface area contributed by atoms with Crippen LogP contribution in [0.2, 0.25) is 0 Å². The van der Waals surface area contributed by atoms with Crippen molar-refractivity contribution in [1.29, 1.82) is 0 Å². The number of carbonyl (C=O) groups excluding carboxylic acids is 3. The van der Waals surface area contributed by atoms with Crippen molar-refractivity contribution >= 4 is 29.3 Å². The van der Waals surface area contributed by atoms with Crippen LogP contribution >= 0.6 is 0 Å². The summed E-state index contributed by atoms with van der Waals surface area (Å²) in [6.45, 7) is 2.43. The smallest absolute Gasteiger partial charge is 0.321 e. The number of nitrogens with one attached hydrogen (secondary N) is 2. The number of para-hydroxylation sites is 1. The Morgan fingerprint density at radius 3 is 2.32 bits per heavy atom. The van der Waals surface area contributed by atoms with E-state index in [2.05, 4.69) is 10.6 Å². The summed E-state index contributed by atoms with van der Waals surface area (Å²) in [5.74, 6) is -0.559. The molecule has 0 aromatic heterocycles. The molecule has 1 saturated heterocycles. The van der Waals surface area contributed by atoms with Gasteiger partial charge in [0.15, 0.2) is 6.10 Å². The minimum Gasteiger partial charge on any atom is -0.497 e. The topological polar surface area (TPSA) is 97.0 Å². The fourth-order valence-electron chi connectivity index (χ4n) is 3.31. The Hall–Kier alpha value is -3.55. The SMILES string of the molecule is COc1cccc(NC(=O)[C@H](C)OC(=O)C2CCN(C(=O)Nc3ccccc3)CC2)c1. The van der Waals surface area contributed by atoms with E-state index in [9.17, 15) is 14.4 Å². The highest BCUT2D eigenvalue weighted by molar-refractivity contribution is 5.95. The average molecular weight is 425 g/mol. The average Bonchev–Trinajstić information content (AvgIpc) is 2.79. The zero-order chi connectivity index (χ0) is 22.2. The van der Waals surface area contributed by atoms with E-state index in [1.54, 1.807) is 36.3 Å². The molecule has 8 nitrogen and oxygen atoms in total. The Balaban J connectivity index is 1.44. The van der Waals surface area contributed by atoms with Crippen molar-refractivity contribution in [1.82, 2.24) is 4.90 Å². The summed E-state index contributed by atoms with van der Waals surface area (Å²) >= 11 is 0. The predicted octanol–water partition coefficient (Wildman–Crippen LogP) is 3.51. The number of methoxy groups -OCH3 is 1. The molecule has 31 heavy (non-hydrogen) atoms. The number of piperidine rings is 1. The molecule has 164 valence electrons. The Labute approximate surface area is 181 Å². The molecular formula is C23H27N3O5. The van der Waals surface area contributed by atoms with E-state index in [4.69, 9.17) is 9.47 Å². The quantitative estimate of drug-likeness (QED) is 0.691. The first-order chi connectivity index (χ1) is 15.0. The third kappa shape index (κ3) is 6.21. The summed E-state index contributed by atoms with van der Waals surface area (Å²) < 4.78 is 10.5. The number of likely N-dealkylation sites (tertiary alicyclic amines) is 1. The van der Waals surface area contributed by atoms with Gasteiger partial charge in [0.2, 0.25) is 0 Å². The second-order valence-corrected chi connectivity index (χ2v) is 7.36. The number of benzene rings is 2. The maximum Gasteiger partial charge on any atom is 0.321 e. The fraction of sp³-hybridized carbons (Fsp3) is 0.348. The van der Waals surface area contributed by atoms with Crippen molar-refractivity contribution in [2.45, 2.75) is 25.9 Å². The number of esters is 1. The zero-order valence-corrected chi connectivity index (χ0v) is 17.7. The summed E-state index contributed by atoms with van der Waals surface area (Å²) in [7, 11) is 1.54. The van der Waals surface area contributed by atoms with Gasteiger partial charge in [0.1, 0.15) is 5.75 Å². The van der Waals surface area contributed by atoms with Gasteiger partial charge in [-0.25, -0.2) is 4.79 Å². The monoisotopic (exact) mass is 425 g/mol. The van der Waals surface area contributed by atoms with Gasteiger partial charge in [0.25, 0.3) is 5.91 Å². The van der Waals surface area contributed by atoms with E-state index >= 15 is 0 Å². The Bertz CT molecular complexity index is 910. The molecule has 8 heteroatoms. The van der Waals surface area contributed by atoms with Crippen LogP contribution in [-0.4, -0.2) is 49.1 Å². The predicted molar refractivity (Wildman–Crippen MR) is 117 cm³/mol. The van der Waals surface area contributed by atoms with Crippen LogP contribution in [0.1, 0.15) is 19.8 Å². The van der Waals surface area contributed by atoms with Crippen LogP contribution in [0.3, 0.4) is 0 Å². The minimum atomic E-state index is -0.932. The molecule has 0 unspecified atom stereocenters. The number of urea groups is 1. The van der Waals surface area contributed by atoms with Crippen LogP contribution in [0.15, 0.2) is 54.6 Å². The lowest BCUT2D eigenvalue weighted by Crippen LogP contribution is -2.43. The molecule has 1 fully saturated rings. The van der Waals surface area contributed by atoms with Crippen LogP contribution in [-0.2, 0) is 14.3 Å². The maximum absolute atomic E-state index is 12.5. The van der Waals surface area contributed by atoms with Crippen molar-refractivity contribution in [2.75, 3.05) is 30.8 Å². The van der Waals surface area contributed by atoms with Crippen molar-refractivity contribution in [3.8, 4) is 5.75 Å². The normalized spacial score (nSPS) is 15.0. The maximum atomic E-state index is 12.5. The van der Waals surface area contributed by atoms with E-state index < -0.39 is 18.0 Å². The minimum absolute atomic E-state index is 0.191. The lowest BCUT2D eigenvalue weighted by Gasteiger charge is -2.31. The first-order valence-electron chi connectivity index (χ1n) is 10.2. The van der Waals surface area contributed by atoms with E-state index in [0.717, 1.165) is 5.69 Å². The summed E-state index contributed by atoms with van der Waals surface area (Å²) in [6.07, 6.45) is 0.0504. The summed E-state index contributed by atoms with van der Waals surface area (Å²) in [5.41, 5.74) is 1.29. The zero-order valence-electron chi connectivity index (χ0n) is 17.7. The molecule has 0 radical (unpaired) electrons. The standard InChI is InChI=1S/C23H27N3O5/c1-16(21(27)24-19-9-6-10-20(15-19)30-2)31-22(28)17-11-13-26(14-12-17)23(29)25-18-7-4-3-5-8-18/h3-10,15-17H,11-14H2,1-2H3,(H,24,27)(H,25,29)/t16-/m0/s1. The molecule has 1 heterocycles. The first kappa shape index (κ1) is 22.1. The summed E-state index contributed by atoms with van der Waals surface area (Å²) in [4.78, 5) is 38.9. The lowest BCUT2D eigenvalue weighted by molar-refractivity contribution is -0.158. The van der Waals surface area contributed by atoms with Gasteiger partial charge in [-0.2, -0.15) is 0 Å². The van der Waals surface area contributed by atoms with E-state index in [1.807, 2.05) is 30.3 Å². The molecule has 2 aromatic rings. The second kappa shape index (κ2) is 10.5. The van der Waals surface area contributed by atoms with Gasteiger partial charge in [-0.05, 0) is 44.0 Å². The molecule has 0 spiro atoms. The number of nitrogens with zero attached hydrogens (tertiary/aromatic N) is 1. The molecule has 1 aliphatic rings. The van der Waals surface area contributed by atoms with E-state index in [-0.39, 0.29) is 11.9 Å². The van der Waals surface area contributed by atoms with Crippen LogP contribution in [0, 0.1) is 5.92 Å². The van der Waals surface area contributed by atoms with Gasteiger partial charge in [-0.3, -0.25) is 9.59 Å². The highest BCUT2D eigenvalue weighted by Gasteiger charge is 2.30. The van der Waals surface area contributed by atoms with Crippen LogP contribution in [0.25, 0.3) is 0 Å². The van der Waals surface area contributed by atoms with Gasteiger partial charge in [0, 0.05) is 30.5 Å². The van der Waals surface area contributed by atoms with Crippen molar-refractivity contribution in [3.63, 3.8) is 0 Å². The molecule has 1 atom stereocenters. The molecular weight excluding hydrogens is 398 g/mol. The van der Waals surface area contributed by atoms with E-state index in [1.165, 1.54) is 6.92 Å². The summed E-state index contributed by atoms with van der Waals surface area (Å²) in [5, 5.41) is 5.56. The highest BCUT2D eigenvalue weighted by Crippen LogP contribution is 2.21. The van der Waals surface area contributed by atoms with Gasteiger partial charge < -0.3 is 25.0 Å². The molecule has 2 N–H and O–H groups in total. The molecule has 0 bridgehead atoms. The fourth-order valence-corrected chi connectivity index (χ4v) is 3.31. The number of ether oxygens (including phenoxy) is 2. The number of carbonyl (C=O) groups is 3. The number of amides is 3. The Morgan fingerprint density at radius 1 is 0.968 bits per heavy atom. The van der Waals surface area contributed by atoms with Crippen molar-refractivity contribution in [3.05, 3.63) is 54.6 Å². The Kier molecular flexibility index (Phi) is 7.48. The molecule has 2 aromatic carbocycles. The number of hydrogen-bond donors (Lipinski definition) is 2. The third-order valence-electron chi connectivity index (χ3n) is 5.14. The lowest BCUT2D eigenvalue weighted by atomic mass is 9.97. The number of anilines is 2. The third-order valence-corrected chi connectivity index (χ3v) is 5.14. The number of rotatable bonds is 6. The van der Waals surface area contributed by atoms with Gasteiger partial charge >= 0.3 is 12.0 Å². The molecule has 3 rings (SSSR count). The molecule has 3 amide bonds. The van der Waals surface area contributed by atoms with Gasteiger partial charge in [0.05, 0.1) is 13.0 Å². The van der Waals surface area contributed by atoms with Crippen LogP contribution in [0.4, 0.5) is 16.2 Å². The van der Waals surface area contributed by atoms with E-state index in [0.29, 0.717) is 37.4 Å². The molecule has 1 aliphatic heterocycles.